The maximum atomic E-state index is 12.9. The van der Waals surface area contributed by atoms with E-state index in [1.54, 1.807) is 66.7 Å². The highest BCUT2D eigenvalue weighted by atomic mass is 35.5. The maximum absolute atomic E-state index is 12.9. The molecule has 190 valence electrons. The third-order valence-corrected chi connectivity index (χ3v) is 6.94. The van der Waals surface area contributed by atoms with Crippen LogP contribution < -0.4 is 14.8 Å². The number of nitrogens with one attached hydrogen (secondary N) is 1. The zero-order valence-electron chi connectivity index (χ0n) is 19.3. The molecule has 1 saturated heterocycles. The van der Waals surface area contributed by atoms with Gasteiger partial charge in [-0.3, -0.25) is 19.3 Å². The molecular weight excluding hydrogens is 559 g/mol. The summed E-state index contributed by atoms with van der Waals surface area (Å²) in [5, 5.41) is 3.71. The minimum Gasteiger partial charge on any atom is -0.493 e. The Bertz CT molecular complexity index is 1400. The van der Waals surface area contributed by atoms with Crippen LogP contribution in [-0.2, 0) is 16.1 Å². The molecule has 1 heterocycles. The molecule has 0 aliphatic carbocycles. The molecule has 11 heteroatoms. The summed E-state index contributed by atoms with van der Waals surface area (Å²) in [6.45, 7) is -0.212. The minimum atomic E-state index is -0.431. The van der Waals surface area contributed by atoms with Gasteiger partial charge in [-0.1, -0.05) is 46.9 Å². The van der Waals surface area contributed by atoms with Crippen LogP contribution in [0.2, 0.25) is 15.1 Å². The Morgan fingerprint density at radius 3 is 2.41 bits per heavy atom. The van der Waals surface area contributed by atoms with Crippen molar-refractivity contribution in [3.05, 3.63) is 91.8 Å². The molecule has 3 aromatic carbocycles. The van der Waals surface area contributed by atoms with Gasteiger partial charge in [0.15, 0.2) is 18.1 Å². The normalized spacial score (nSPS) is 14.3. The fraction of sp³-hybridized carbons (Fsp3) is 0.115. The van der Waals surface area contributed by atoms with Crippen LogP contribution in [0.1, 0.15) is 11.1 Å². The Hall–Kier alpha value is -3.17. The van der Waals surface area contributed by atoms with Gasteiger partial charge in [0.25, 0.3) is 17.1 Å². The van der Waals surface area contributed by atoms with Crippen LogP contribution in [-0.4, -0.2) is 35.7 Å². The number of carbonyl (C=O) groups excluding carboxylic acids is 3. The predicted molar refractivity (Wildman–Crippen MR) is 147 cm³/mol. The van der Waals surface area contributed by atoms with E-state index in [0.29, 0.717) is 43.4 Å². The number of amides is 3. The lowest BCUT2D eigenvalue weighted by atomic mass is 10.1. The lowest BCUT2D eigenvalue weighted by Gasteiger charge is -2.13. The summed E-state index contributed by atoms with van der Waals surface area (Å²) in [4.78, 5) is 39.0. The molecule has 3 aromatic rings. The number of ether oxygens (including phenoxy) is 2. The maximum Gasteiger partial charge on any atom is 0.293 e. The van der Waals surface area contributed by atoms with Crippen molar-refractivity contribution in [2.75, 3.05) is 19.0 Å². The SMILES string of the molecule is COc1cc(/C=C2\SC(=O)N(Cc3ccc(Cl)cc3Cl)C2=O)ccc1OCC(=O)Nc1ccc(Cl)cc1. The van der Waals surface area contributed by atoms with Gasteiger partial charge in [0.2, 0.25) is 0 Å². The fourth-order valence-electron chi connectivity index (χ4n) is 3.37. The molecule has 37 heavy (non-hydrogen) atoms. The van der Waals surface area contributed by atoms with E-state index in [4.69, 9.17) is 44.3 Å². The number of rotatable bonds is 8. The number of anilines is 1. The van der Waals surface area contributed by atoms with Crippen LogP contribution in [0.4, 0.5) is 10.5 Å². The molecule has 0 aromatic heterocycles. The first-order chi connectivity index (χ1) is 17.7. The second-order valence-electron chi connectivity index (χ2n) is 7.76. The predicted octanol–water partition coefficient (Wildman–Crippen LogP) is 6.91. The van der Waals surface area contributed by atoms with Gasteiger partial charge in [-0.25, -0.2) is 0 Å². The van der Waals surface area contributed by atoms with E-state index in [-0.39, 0.29) is 24.0 Å². The van der Waals surface area contributed by atoms with Crippen molar-refractivity contribution in [3.8, 4) is 11.5 Å². The molecule has 0 unspecified atom stereocenters. The number of nitrogens with zero attached hydrogens (tertiary/aromatic N) is 1. The Morgan fingerprint density at radius 2 is 1.70 bits per heavy atom. The van der Waals surface area contributed by atoms with Crippen LogP contribution >= 0.6 is 46.6 Å². The van der Waals surface area contributed by atoms with Crippen molar-refractivity contribution in [3.63, 3.8) is 0 Å². The molecule has 1 N–H and O–H groups in total. The Balaban J connectivity index is 1.42. The average Bonchev–Trinajstić information content (AvgIpc) is 3.13. The summed E-state index contributed by atoms with van der Waals surface area (Å²) >= 11 is 18.8. The number of hydrogen-bond acceptors (Lipinski definition) is 6. The molecule has 0 atom stereocenters. The summed E-state index contributed by atoms with van der Waals surface area (Å²) in [5.41, 5.74) is 1.82. The van der Waals surface area contributed by atoms with E-state index < -0.39 is 11.1 Å². The van der Waals surface area contributed by atoms with Crippen molar-refractivity contribution in [2.24, 2.45) is 0 Å². The highest BCUT2D eigenvalue weighted by molar-refractivity contribution is 8.18. The molecule has 3 amide bonds. The van der Waals surface area contributed by atoms with E-state index >= 15 is 0 Å². The van der Waals surface area contributed by atoms with Crippen molar-refractivity contribution in [1.29, 1.82) is 0 Å². The summed E-state index contributed by atoms with van der Waals surface area (Å²) in [5.74, 6) is -0.0845. The van der Waals surface area contributed by atoms with Gasteiger partial charge in [0.1, 0.15) is 0 Å². The van der Waals surface area contributed by atoms with Gasteiger partial charge < -0.3 is 14.8 Å². The van der Waals surface area contributed by atoms with Gasteiger partial charge in [-0.05, 0) is 77.5 Å². The number of halogens is 3. The largest absolute Gasteiger partial charge is 0.493 e. The van der Waals surface area contributed by atoms with Gasteiger partial charge in [0.05, 0.1) is 18.6 Å². The van der Waals surface area contributed by atoms with Gasteiger partial charge >= 0.3 is 0 Å². The van der Waals surface area contributed by atoms with Crippen molar-refractivity contribution in [2.45, 2.75) is 6.54 Å². The average molecular weight is 578 g/mol. The Morgan fingerprint density at radius 1 is 0.973 bits per heavy atom. The lowest BCUT2D eigenvalue weighted by molar-refractivity contribution is -0.123. The van der Waals surface area contributed by atoms with E-state index in [2.05, 4.69) is 5.32 Å². The monoisotopic (exact) mass is 576 g/mol. The summed E-state index contributed by atoms with van der Waals surface area (Å²) < 4.78 is 11.0. The van der Waals surface area contributed by atoms with Crippen LogP contribution in [0.5, 0.6) is 11.5 Å². The zero-order chi connectivity index (χ0) is 26.5. The molecule has 0 saturated carbocycles. The third kappa shape index (κ3) is 6.78. The summed E-state index contributed by atoms with van der Waals surface area (Å²) in [6.07, 6.45) is 1.59. The molecule has 7 nitrogen and oxygen atoms in total. The van der Waals surface area contributed by atoms with Gasteiger partial charge in [-0.2, -0.15) is 0 Å². The molecule has 4 rings (SSSR count). The van der Waals surface area contributed by atoms with Crippen LogP contribution in [0.3, 0.4) is 0 Å². The van der Waals surface area contributed by atoms with Crippen molar-refractivity contribution >= 4 is 75.4 Å². The highest BCUT2D eigenvalue weighted by Crippen LogP contribution is 2.36. The number of hydrogen-bond donors (Lipinski definition) is 1. The smallest absolute Gasteiger partial charge is 0.293 e. The number of thioether (sulfide) groups is 1. The molecular formula is C26H19Cl3N2O5S. The highest BCUT2D eigenvalue weighted by Gasteiger charge is 2.35. The third-order valence-electron chi connectivity index (χ3n) is 5.19. The topological polar surface area (TPSA) is 84.9 Å². The van der Waals surface area contributed by atoms with E-state index in [9.17, 15) is 14.4 Å². The Labute approximate surface area is 232 Å². The van der Waals surface area contributed by atoms with E-state index in [0.717, 1.165) is 16.7 Å². The zero-order valence-corrected chi connectivity index (χ0v) is 22.4. The minimum absolute atomic E-state index is 0.0339. The Kier molecular flexibility index (Phi) is 8.66. The number of imide groups is 1. The van der Waals surface area contributed by atoms with Crippen molar-refractivity contribution < 1.29 is 23.9 Å². The first-order valence-corrected chi connectivity index (χ1v) is 12.7. The van der Waals surface area contributed by atoms with Crippen LogP contribution in [0, 0.1) is 0 Å². The van der Waals surface area contributed by atoms with Gasteiger partial charge in [-0.15, -0.1) is 0 Å². The second-order valence-corrected chi connectivity index (χ2v) is 10.0. The molecule has 0 radical (unpaired) electrons. The molecule has 0 spiro atoms. The quantitative estimate of drug-likeness (QED) is 0.293. The molecule has 1 aliphatic heterocycles. The number of methoxy groups -OCH3 is 1. The van der Waals surface area contributed by atoms with Crippen LogP contribution in [0.25, 0.3) is 6.08 Å². The first-order valence-electron chi connectivity index (χ1n) is 10.8. The number of benzene rings is 3. The van der Waals surface area contributed by atoms with Crippen molar-refractivity contribution in [1.82, 2.24) is 4.90 Å². The standard InChI is InChI=1S/C26H19Cl3N2O5S/c1-35-22-10-15(2-9-21(22)36-14-24(32)30-19-7-5-17(27)6-8-19)11-23-25(33)31(26(34)37-23)13-16-3-4-18(28)12-20(16)29/h2-12H,13-14H2,1H3,(H,30,32)/b23-11-. The summed E-state index contributed by atoms with van der Waals surface area (Å²) in [7, 11) is 1.46. The molecule has 0 bridgehead atoms. The molecule has 1 aliphatic rings. The first kappa shape index (κ1) is 26.9. The van der Waals surface area contributed by atoms with Gasteiger partial charge in [0, 0.05) is 20.8 Å². The molecule has 1 fully saturated rings. The van der Waals surface area contributed by atoms with E-state index in [1.807, 2.05) is 0 Å². The number of carbonyl (C=O) groups is 3. The van der Waals surface area contributed by atoms with Crippen LogP contribution in [0.15, 0.2) is 65.6 Å². The second kappa shape index (κ2) is 11.9. The lowest BCUT2D eigenvalue weighted by Crippen LogP contribution is -2.27. The van der Waals surface area contributed by atoms with E-state index in [1.165, 1.54) is 7.11 Å². The fourth-order valence-corrected chi connectivity index (χ4v) is 4.81. The summed E-state index contributed by atoms with van der Waals surface area (Å²) in [6, 6.07) is 16.6.